The van der Waals surface area contributed by atoms with Gasteiger partial charge < -0.3 is 10.5 Å². The van der Waals surface area contributed by atoms with E-state index in [0.29, 0.717) is 5.56 Å². The van der Waals surface area contributed by atoms with Crippen LogP contribution in [0.4, 0.5) is 0 Å². The van der Waals surface area contributed by atoms with Crippen LogP contribution in [0.3, 0.4) is 0 Å². The molecule has 3 nitrogen and oxygen atoms in total. The summed E-state index contributed by atoms with van der Waals surface area (Å²) in [6, 6.07) is 15.9. The topological polar surface area (TPSA) is 52.3 Å². The van der Waals surface area contributed by atoms with Gasteiger partial charge in [0.05, 0.1) is 12.7 Å². The van der Waals surface area contributed by atoms with E-state index in [1.807, 2.05) is 25.1 Å². The van der Waals surface area contributed by atoms with Crippen molar-refractivity contribution in [2.45, 2.75) is 19.4 Å². The van der Waals surface area contributed by atoms with Crippen molar-refractivity contribution in [3.8, 4) is 11.1 Å². The number of ether oxygens (including phenoxy) is 1. The van der Waals surface area contributed by atoms with Gasteiger partial charge in [-0.1, -0.05) is 36.4 Å². The molecule has 0 heterocycles. The first-order valence-electron chi connectivity index (χ1n) is 6.63. The van der Waals surface area contributed by atoms with Crippen LogP contribution in [0.15, 0.2) is 48.5 Å². The van der Waals surface area contributed by atoms with Crippen molar-refractivity contribution in [2.75, 3.05) is 7.11 Å². The van der Waals surface area contributed by atoms with Gasteiger partial charge in [0.25, 0.3) is 0 Å². The average molecular weight is 269 g/mol. The predicted octanol–water partition coefficient (Wildman–Crippen LogP) is 3.03. The molecule has 104 valence electrons. The first kappa shape index (κ1) is 14.3. The maximum absolute atomic E-state index is 11.4. The predicted molar refractivity (Wildman–Crippen MR) is 80.6 cm³/mol. The van der Waals surface area contributed by atoms with E-state index in [2.05, 4.69) is 18.2 Å². The molecule has 2 aromatic rings. The number of benzene rings is 2. The Morgan fingerprint density at radius 1 is 1.15 bits per heavy atom. The Balaban J connectivity index is 2.25. The molecule has 20 heavy (non-hydrogen) atoms. The number of rotatable bonds is 4. The SMILES string of the molecule is COC(=O)c1ccc(-c2cccc(CC(C)N)c2)cc1. The Hall–Kier alpha value is -2.13. The highest BCUT2D eigenvalue weighted by Crippen LogP contribution is 2.21. The van der Waals surface area contributed by atoms with Gasteiger partial charge in [0, 0.05) is 6.04 Å². The molecule has 2 N–H and O–H groups in total. The zero-order chi connectivity index (χ0) is 14.5. The van der Waals surface area contributed by atoms with E-state index in [4.69, 9.17) is 10.5 Å². The minimum Gasteiger partial charge on any atom is -0.465 e. The van der Waals surface area contributed by atoms with Crippen LogP contribution in [0.2, 0.25) is 0 Å². The maximum Gasteiger partial charge on any atom is 0.337 e. The summed E-state index contributed by atoms with van der Waals surface area (Å²) in [6.07, 6.45) is 0.855. The number of nitrogens with two attached hydrogens (primary N) is 1. The van der Waals surface area contributed by atoms with Gasteiger partial charge in [-0.05, 0) is 42.2 Å². The lowest BCUT2D eigenvalue weighted by Gasteiger charge is -2.08. The molecular weight excluding hydrogens is 250 g/mol. The lowest BCUT2D eigenvalue weighted by molar-refractivity contribution is 0.0601. The van der Waals surface area contributed by atoms with Crippen molar-refractivity contribution in [3.63, 3.8) is 0 Å². The van der Waals surface area contributed by atoms with E-state index in [1.54, 1.807) is 12.1 Å². The minimum absolute atomic E-state index is 0.145. The lowest BCUT2D eigenvalue weighted by atomic mass is 9.99. The highest BCUT2D eigenvalue weighted by Gasteiger charge is 2.06. The van der Waals surface area contributed by atoms with Gasteiger partial charge in [-0.25, -0.2) is 4.79 Å². The quantitative estimate of drug-likeness (QED) is 0.868. The molecular formula is C17H19NO2. The smallest absolute Gasteiger partial charge is 0.337 e. The molecule has 0 radical (unpaired) electrons. The summed E-state index contributed by atoms with van der Waals surface area (Å²) in [5, 5.41) is 0. The van der Waals surface area contributed by atoms with Crippen LogP contribution in [0.25, 0.3) is 11.1 Å². The Labute approximate surface area is 119 Å². The molecule has 0 bridgehead atoms. The summed E-state index contributed by atoms with van der Waals surface area (Å²) in [4.78, 5) is 11.4. The molecule has 1 unspecified atom stereocenters. The van der Waals surface area contributed by atoms with E-state index in [0.717, 1.165) is 17.5 Å². The Kier molecular flexibility index (Phi) is 4.53. The summed E-state index contributed by atoms with van der Waals surface area (Å²) in [7, 11) is 1.38. The number of carbonyl (C=O) groups is 1. The summed E-state index contributed by atoms with van der Waals surface area (Å²) in [6.45, 7) is 2.00. The van der Waals surface area contributed by atoms with Crippen molar-refractivity contribution in [2.24, 2.45) is 5.73 Å². The van der Waals surface area contributed by atoms with E-state index < -0.39 is 0 Å². The van der Waals surface area contributed by atoms with Gasteiger partial charge in [0.1, 0.15) is 0 Å². The van der Waals surface area contributed by atoms with Crippen LogP contribution in [-0.2, 0) is 11.2 Å². The number of esters is 1. The van der Waals surface area contributed by atoms with E-state index in [1.165, 1.54) is 12.7 Å². The largest absolute Gasteiger partial charge is 0.465 e. The Morgan fingerprint density at radius 2 is 1.85 bits per heavy atom. The molecule has 0 spiro atoms. The van der Waals surface area contributed by atoms with Crippen LogP contribution < -0.4 is 5.73 Å². The third-order valence-corrected chi connectivity index (χ3v) is 3.12. The third-order valence-electron chi connectivity index (χ3n) is 3.12. The van der Waals surface area contributed by atoms with Crippen molar-refractivity contribution in [3.05, 3.63) is 59.7 Å². The van der Waals surface area contributed by atoms with Gasteiger partial charge in [-0.15, -0.1) is 0 Å². The van der Waals surface area contributed by atoms with Gasteiger partial charge >= 0.3 is 5.97 Å². The van der Waals surface area contributed by atoms with Gasteiger partial charge in [-0.2, -0.15) is 0 Å². The second-order valence-corrected chi connectivity index (χ2v) is 4.95. The van der Waals surface area contributed by atoms with Crippen molar-refractivity contribution in [1.82, 2.24) is 0 Å². The Morgan fingerprint density at radius 3 is 2.45 bits per heavy atom. The number of hydrogen-bond donors (Lipinski definition) is 1. The molecule has 0 fully saturated rings. The zero-order valence-electron chi connectivity index (χ0n) is 11.8. The van der Waals surface area contributed by atoms with Crippen LogP contribution >= 0.6 is 0 Å². The molecule has 0 saturated carbocycles. The zero-order valence-corrected chi connectivity index (χ0v) is 11.8. The monoisotopic (exact) mass is 269 g/mol. The molecule has 0 amide bonds. The fourth-order valence-corrected chi connectivity index (χ4v) is 2.17. The minimum atomic E-state index is -0.317. The maximum atomic E-state index is 11.4. The highest BCUT2D eigenvalue weighted by atomic mass is 16.5. The number of methoxy groups -OCH3 is 1. The van der Waals surface area contributed by atoms with Gasteiger partial charge in [0.2, 0.25) is 0 Å². The molecule has 0 aromatic heterocycles. The average Bonchev–Trinajstić information content (AvgIpc) is 2.46. The van der Waals surface area contributed by atoms with Gasteiger partial charge in [-0.3, -0.25) is 0 Å². The van der Waals surface area contributed by atoms with Crippen LogP contribution in [0.5, 0.6) is 0 Å². The van der Waals surface area contributed by atoms with Crippen LogP contribution in [0.1, 0.15) is 22.8 Å². The fraction of sp³-hybridized carbons (Fsp3) is 0.235. The molecule has 0 aliphatic carbocycles. The second kappa shape index (κ2) is 6.35. The number of hydrogen-bond acceptors (Lipinski definition) is 3. The van der Waals surface area contributed by atoms with Crippen molar-refractivity contribution in [1.29, 1.82) is 0 Å². The van der Waals surface area contributed by atoms with Crippen LogP contribution in [0, 0.1) is 0 Å². The summed E-state index contributed by atoms with van der Waals surface area (Å²) in [5.74, 6) is -0.317. The molecule has 1 atom stereocenters. The van der Waals surface area contributed by atoms with E-state index in [-0.39, 0.29) is 12.0 Å². The lowest BCUT2D eigenvalue weighted by Crippen LogP contribution is -2.17. The normalized spacial score (nSPS) is 11.9. The van der Waals surface area contributed by atoms with Crippen molar-refractivity contribution < 1.29 is 9.53 Å². The van der Waals surface area contributed by atoms with E-state index in [9.17, 15) is 4.79 Å². The summed E-state index contributed by atoms with van der Waals surface area (Å²) >= 11 is 0. The summed E-state index contributed by atoms with van der Waals surface area (Å²) in [5.41, 5.74) is 9.80. The first-order chi connectivity index (χ1) is 9.60. The van der Waals surface area contributed by atoms with E-state index >= 15 is 0 Å². The molecule has 0 aliphatic rings. The molecule has 0 saturated heterocycles. The van der Waals surface area contributed by atoms with Crippen LogP contribution in [-0.4, -0.2) is 19.1 Å². The van der Waals surface area contributed by atoms with Crippen molar-refractivity contribution >= 4 is 5.97 Å². The molecule has 3 heteroatoms. The second-order valence-electron chi connectivity index (χ2n) is 4.95. The number of carbonyl (C=O) groups excluding carboxylic acids is 1. The van der Waals surface area contributed by atoms with Gasteiger partial charge in [0.15, 0.2) is 0 Å². The fourth-order valence-electron chi connectivity index (χ4n) is 2.17. The molecule has 2 rings (SSSR count). The molecule has 0 aliphatic heterocycles. The standard InChI is InChI=1S/C17H19NO2/c1-12(18)10-13-4-3-5-16(11-13)14-6-8-15(9-7-14)17(19)20-2/h3-9,11-12H,10,18H2,1-2H3. The highest BCUT2D eigenvalue weighted by molar-refractivity contribution is 5.89. The first-order valence-corrected chi connectivity index (χ1v) is 6.63. The summed E-state index contributed by atoms with van der Waals surface area (Å²) < 4.78 is 4.69. The Bertz CT molecular complexity index is 588. The molecule has 2 aromatic carbocycles. The third kappa shape index (κ3) is 3.45.